The maximum absolute atomic E-state index is 13.6. The molecule has 2 amide bonds. The van der Waals surface area contributed by atoms with Crippen LogP contribution in [-0.4, -0.2) is 68.3 Å². The quantitative estimate of drug-likeness (QED) is 0.780. The SMILES string of the molecule is O=C(O)CN1CCN(C(=O)c2nc3c(C(F)(F)F)cc(C4CC4)cn3c2Cl)CC1=O. The van der Waals surface area contributed by atoms with Crippen molar-refractivity contribution in [2.45, 2.75) is 24.9 Å². The summed E-state index contributed by atoms with van der Waals surface area (Å²) in [5.74, 6) is -2.53. The van der Waals surface area contributed by atoms with Crippen LogP contribution in [0.5, 0.6) is 0 Å². The largest absolute Gasteiger partial charge is 0.480 e. The maximum Gasteiger partial charge on any atom is 0.419 e. The van der Waals surface area contributed by atoms with Crippen LogP contribution in [0.3, 0.4) is 0 Å². The van der Waals surface area contributed by atoms with Gasteiger partial charge in [-0.05, 0) is 30.4 Å². The summed E-state index contributed by atoms with van der Waals surface area (Å²) < 4.78 is 41.8. The first kappa shape index (κ1) is 20.5. The Labute approximate surface area is 172 Å². The van der Waals surface area contributed by atoms with Crippen LogP contribution >= 0.6 is 11.6 Å². The van der Waals surface area contributed by atoms with Crippen LogP contribution in [0.25, 0.3) is 5.65 Å². The third-order valence-corrected chi connectivity index (χ3v) is 5.53. The number of aromatic nitrogens is 2. The van der Waals surface area contributed by atoms with Gasteiger partial charge >= 0.3 is 12.1 Å². The highest BCUT2D eigenvalue weighted by atomic mass is 35.5. The molecule has 8 nitrogen and oxygen atoms in total. The summed E-state index contributed by atoms with van der Waals surface area (Å²) in [6.45, 7) is -0.895. The number of carboxylic acid groups (broad SMARTS) is 1. The molecule has 4 rings (SSSR count). The van der Waals surface area contributed by atoms with E-state index in [0.717, 1.165) is 33.1 Å². The van der Waals surface area contributed by atoms with E-state index in [1.54, 1.807) is 0 Å². The molecular weight excluding hydrogens is 429 g/mol. The first-order valence-electron chi connectivity index (χ1n) is 9.13. The van der Waals surface area contributed by atoms with Crippen LogP contribution in [-0.2, 0) is 15.8 Å². The molecule has 3 heterocycles. The number of nitrogens with zero attached hydrogens (tertiary/aromatic N) is 4. The van der Waals surface area contributed by atoms with E-state index in [-0.39, 0.29) is 29.9 Å². The Balaban J connectivity index is 1.68. The minimum atomic E-state index is -4.68. The highest BCUT2D eigenvalue weighted by Crippen LogP contribution is 2.43. The zero-order valence-electron chi connectivity index (χ0n) is 15.4. The van der Waals surface area contributed by atoms with E-state index < -0.39 is 48.3 Å². The second kappa shape index (κ2) is 7.15. The summed E-state index contributed by atoms with van der Waals surface area (Å²) in [4.78, 5) is 41.8. The lowest BCUT2D eigenvalue weighted by Gasteiger charge is -2.33. The number of pyridine rings is 1. The van der Waals surface area contributed by atoms with E-state index in [2.05, 4.69) is 4.98 Å². The van der Waals surface area contributed by atoms with Crippen molar-refractivity contribution in [1.29, 1.82) is 0 Å². The fourth-order valence-corrected chi connectivity index (χ4v) is 3.74. The van der Waals surface area contributed by atoms with Gasteiger partial charge in [0.2, 0.25) is 5.91 Å². The van der Waals surface area contributed by atoms with Crippen LogP contribution in [0.15, 0.2) is 12.3 Å². The van der Waals surface area contributed by atoms with E-state index in [9.17, 15) is 27.6 Å². The van der Waals surface area contributed by atoms with Crippen molar-refractivity contribution < 1.29 is 32.7 Å². The zero-order valence-corrected chi connectivity index (χ0v) is 16.2. The van der Waals surface area contributed by atoms with Crippen LogP contribution in [0.2, 0.25) is 5.15 Å². The Kier molecular flexibility index (Phi) is 4.88. The van der Waals surface area contributed by atoms with Crippen molar-refractivity contribution in [2.75, 3.05) is 26.2 Å². The molecule has 2 aromatic heterocycles. The number of aliphatic carboxylic acids is 1. The number of rotatable bonds is 4. The van der Waals surface area contributed by atoms with Gasteiger partial charge in [0, 0.05) is 19.3 Å². The molecule has 1 N–H and O–H groups in total. The zero-order chi connectivity index (χ0) is 21.8. The predicted octanol–water partition coefficient (Wildman–Crippen LogP) is 2.25. The summed E-state index contributed by atoms with van der Waals surface area (Å²) in [6.07, 6.45) is -1.66. The fraction of sp³-hybridized carbons (Fsp3) is 0.444. The molecule has 1 aliphatic carbocycles. The van der Waals surface area contributed by atoms with Gasteiger partial charge < -0.3 is 14.9 Å². The molecular formula is C18H16ClF3N4O4. The van der Waals surface area contributed by atoms with Gasteiger partial charge in [-0.25, -0.2) is 4.98 Å². The lowest BCUT2D eigenvalue weighted by Crippen LogP contribution is -2.53. The average Bonchev–Trinajstić information content (AvgIpc) is 3.45. The van der Waals surface area contributed by atoms with Crippen molar-refractivity contribution in [1.82, 2.24) is 19.2 Å². The lowest BCUT2D eigenvalue weighted by molar-refractivity contribution is -0.146. The summed E-state index contributed by atoms with van der Waals surface area (Å²) >= 11 is 6.24. The first-order valence-corrected chi connectivity index (χ1v) is 9.51. The molecule has 0 spiro atoms. The molecule has 12 heteroatoms. The third kappa shape index (κ3) is 3.69. The second-order valence-corrected chi connectivity index (χ2v) is 7.70. The minimum absolute atomic E-state index is 0.0124. The number of imidazole rings is 1. The number of alkyl halides is 3. The van der Waals surface area contributed by atoms with Crippen LogP contribution < -0.4 is 0 Å². The summed E-state index contributed by atoms with van der Waals surface area (Å²) in [7, 11) is 0. The van der Waals surface area contributed by atoms with E-state index in [1.807, 2.05) is 0 Å². The maximum atomic E-state index is 13.6. The number of carbonyl (C=O) groups excluding carboxylic acids is 2. The van der Waals surface area contributed by atoms with E-state index in [4.69, 9.17) is 16.7 Å². The number of hydrogen-bond donors (Lipinski definition) is 1. The lowest BCUT2D eigenvalue weighted by atomic mass is 10.1. The molecule has 2 aromatic rings. The van der Waals surface area contributed by atoms with Crippen molar-refractivity contribution in [2.24, 2.45) is 0 Å². The molecule has 1 saturated heterocycles. The summed E-state index contributed by atoms with van der Waals surface area (Å²) in [5.41, 5.74) is -1.36. The third-order valence-electron chi connectivity index (χ3n) is 5.17. The van der Waals surface area contributed by atoms with Crippen molar-refractivity contribution in [3.05, 3.63) is 34.2 Å². The second-order valence-electron chi connectivity index (χ2n) is 7.34. The summed E-state index contributed by atoms with van der Waals surface area (Å²) in [5, 5.41) is 8.55. The van der Waals surface area contributed by atoms with Gasteiger partial charge in [0.15, 0.2) is 11.3 Å². The summed E-state index contributed by atoms with van der Waals surface area (Å²) in [6, 6.07) is 1.04. The highest BCUT2D eigenvalue weighted by Gasteiger charge is 2.38. The fourth-order valence-electron chi connectivity index (χ4n) is 3.49. The van der Waals surface area contributed by atoms with Crippen molar-refractivity contribution in [3.8, 4) is 0 Å². The number of carbonyl (C=O) groups is 3. The number of carboxylic acids is 1. The van der Waals surface area contributed by atoms with Gasteiger partial charge in [-0.3, -0.25) is 18.8 Å². The van der Waals surface area contributed by atoms with Gasteiger partial charge in [0.25, 0.3) is 5.91 Å². The Morgan fingerprint density at radius 2 is 1.97 bits per heavy atom. The topological polar surface area (TPSA) is 95.2 Å². The molecule has 0 atom stereocenters. The van der Waals surface area contributed by atoms with Crippen LogP contribution in [0.1, 0.15) is 40.4 Å². The average molecular weight is 445 g/mol. The molecule has 1 aliphatic heterocycles. The smallest absolute Gasteiger partial charge is 0.419 e. The number of fused-ring (bicyclic) bond motifs is 1. The number of amides is 2. The molecule has 2 fully saturated rings. The van der Waals surface area contributed by atoms with Gasteiger partial charge in [0.05, 0.1) is 5.56 Å². The number of hydrogen-bond acceptors (Lipinski definition) is 4. The molecule has 0 bridgehead atoms. The Hall–Kier alpha value is -2.82. The molecule has 0 unspecified atom stereocenters. The molecule has 30 heavy (non-hydrogen) atoms. The Morgan fingerprint density at radius 3 is 2.53 bits per heavy atom. The molecule has 1 saturated carbocycles. The van der Waals surface area contributed by atoms with Gasteiger partial charge in [-0.15, -0.1) is 0 Å². The predicted molar refractivity (Wildman–Crippen MR) is 97.3 cm³/mol. The van der Waals surface area contributed by atoms with Crippen LogP contribution in [0, 0.1) is 0 Å². The van der Waals surface area contributed by atoms with E-state index in [0.29, 0.717) is 5.56 Å². The molecule has 2 aliphatic rings. The highest BCUT2D eigenvalue weighted by molar-refractivity contribution is 6.33. The van der Waals surface area contributed by atoms with Gasteiger partial charge in [-0.1, -0.05) is 11.6 Å². The van der Waals surface area contributed by atoms with E-state index in [1.165, 1.54) is 6.20 Å². The van der Waals surface area contributed by atoms with Crippen LogP contribution in [0.4, 0.5) is 13.2 Å². The normalized spacial score (nSPS) is 17.7. The number of piperazine rings is 1. The Bertz CT molecular complexity index is 1060. The number of halogens is 4. The molecule has 0 radical (unpaired) electrons. The van der Waals surface area contributed by atoms with Gasteiger partial charge in [0.1, 0.15) is 18.2 Å². The van der Waals surface area contributed by atoms with Crippen molar-refractivity contribution in [3.63, 3.8) is 0 Å². The Morgan fingerprint density at radius 1 is 1.27 bits per heavy atom. The molecule has 0 aromatic carbocycles. The van der Waals surface area contributed by atoms with E-state index >= 15 is 0 Å². The first-order chi connectivity index (χ1) is 14.1. The molecule has 160 valence electrons. The van der Waals surface area contributed by atoms with Gasteiger partial charge in [-0.2, -0.15) is 13.2 Å². The monoisotopic (exact) mass is 444 g/mol. The van der Waals surface area contributed by atoms with Crippen molar-refractivity contribution >= 4 is 35.0 Å². The standard InChI is InChI=1S/C18H16ClF3N4O4/c19-15-14(17(30)25-4-3-24(8-13(28)29)12(27)7-25)23-16-11(18(20,21)22)5-10(6-26(15)16)9-1-2-9/h5-6,9H,1-4,7-8H2,(H,28,29). The minimum Gasteiger partial charge on any atom is -0.480 e.